The molecule has 1 N–H and O–H groups in total. The maximum atomic E-state index is 12.3. The third-order valence-electron chi connectivity index (χ3n) is 2.87. The molecule has 0 saturated carbocycles. The van der Waals surface area contributed by atoms with Crippen LogP contribution in [0.3, 0.4) is 0 Å². The lowest BCUT2D eigenvalue weighted by molar-refractivity contribution is -0.142. The molecule has 2 amide bonds. The molecule has 0 aliphatic rings. The van der Waals surface area contributed by atoms with Crippen LogP contribution in [0.2, 0.25) is 0 Å². The molecule has 1 atom stereocenters. The summed E-state index contributed by atoms with van der Waals surface area (Å²) in [4.78, 5) is 26.4. The fourth-order valence-electron chi connectivity index (χ4n) is 1.85. The molecule has 0 fully saturated rings. The van der Waals surface area contributed by atoms with E-state index in [0.29, 0.717) is 18.9 Å². The van der Waals surface area contributed by atoms with Crippen LogP contribution in [0.25, 0.3) is 0 Å². The van der Waals surface area contributed by atoms with Crippen LogP contribution in [0.1, 0.15) is 41.0 Å². The van der Waals surface area contributed by atoms with Gasteiger partial charge < -0.3 is 14.9 Å². The van der Waals surface area contributed by atoms with E-state index in [1.165, 1.54) is 4.90 Å². The molecule has 0 aromatic rings. The highest BCUT2D eigenvalue weighted by atomic mass is 16.4. The van der Waals surface area contributed by atoms with Gasteiger partial charge in [0.2, 0.25) is 0 Å². The van der Waals surface area contributed by atoms with Gasteiger partial charge in [0.15, 0.2) is 0 Å². The summed E-state index contributed by atoms with van der Waals surface area (Å²) in [6.07, 6.45) is 0.408. The van der Waals surface area contributed by atoms with Crippen molar-refractivity contribution in [1.82, 2.24) is 9.80 Å². The number of hydrogen-bond acceptors (Lipinski definition) is 2. The van der Waals surface area contributed by atoms with Gasteiger partial charge in [-0.2, -0.15) is 0 Å². The Kier molecular flexibility index (Phi) is 6.73. The molecule has 0 saturated heterocycles. The fraction of sp³-hybridized carbons (Fsp3) is 0.846. The molecule has 18 heavy (non-hydrogen) atoms. The van der Waals surface area contributed by atoms with E-state index in [4.69, 9.17) is 5.11 Å². The number of nitrogens with zero attached hydrogens (tertiary/aromatic N) is 2. The predicted molar refractivity (Wildman–Crippen MR) is 71.6 cm³/mol. The molecule has 0 aromatic carbocycles. The van der Waals surface area contributed by atoms with Crippen LogP contribution in [0.5, 0.6) is 0 Å². The molecule has 106 valence electrons. The third-order valence-corrected chi connectivity index (χ3v) is 2.87. The Hall–Kier alpha value is -1.26. The number of carboxylic acid groups (broad SMARTS) is 1. The number of rotatable bonds is 6. The molecule has 0 aromatic heterocycles. The topological polar surface area (TPSA) is 60.9 Å². The number of aliphatic carboxylic acids is 1. The normalized spacial score (nSPS) is 12.7. The second-order valence-corrected chi connectivity index (χ2v) is 5.30. The van der Waals surface area contributed by atoms with Gasteiger partial charge in [0, 0.05) is 19.6 Å². The van der Waals surface area contributed by atoms with Gasteiger partial charge in [-0.25, -0.2) is 9.59 Å². The van der Waals surface area contributed by atoms with E-state index in [1.807, 2.05) is 27.7 Å². The lowest BCUT2D eigenvalue weighted by Crippen LogP contribution is -2.51. The van der Waals surface area contributed by atoms with Gasteiger partial charge in [-0.1, -0.05) is 20.8 Å². The minimum atomic E-state index is -0.957. The Morgan fingerprint density at radius 2 is 1.67 bits per heavy atom. The van der Waals surface area contributed by atoms with Crippen LogP contribution < -0.4 is 0 Å². The average Bonchev–Trinajstić information content (AvgIpc) is 2.24. The van der Waals surface area contributed by atoms with Gasteiger partial charge in [0.25, 0.3) is 0 Å². The first-order valence-corrected chi connectivity index (χ1v) is 6.48. The number of carboxylic acids is 1. The van der Waals surface area contributed by atoms with Crippen molar-refractivity contribution >= 4 is 12.0 Å². The highest BCUT2D eigenvalue weighted by molar-refractivity contribution is 5.82. The Balaban J connectivity index is 4.90. The van der Waals surface area contributed by atoms with E-state index in [1.54, 1.807) is 18.9 Å². The maximum Gasteiger partial charge on any atom is 0.326 e. The van der Waals surface area contributed by atoms with Crippen LogP contribution in [0.4, 0.5) is 4.79 Å². The second-order valence-electron chi connectivity index (χ2n) is 5.30. The lowest BCUT2D eigenvalue weighted by Gasteiger charge is -2.34. The van der Waals surface area contributed by atoms with Crippen molar-refractivity contribution in [3.05, 3.63) is 0 Å². The number of carbonyl (C=O) groups excluding carboxylic acids is 1. The van der Waals surface area contributed by atoms with Crippen LogP contribution >= 0.6 is 0 Å². The van der Waals surface area contributed by atoms with E-state index in [2.05, 4.69) is 0 Å². The third kappa shape index (κ3) is 4.55. The first-order chi connectivity index (χ1) is 8.22. The molecule has 5 nitrogen and oxygen atoms in total. The highest BCUT2D eigenvalue weighted by Crippen LogP contribution is 2.11. The number of hydrogen-bond donors (Lipinski definition) is 1. The summed E-state index contributed by atoms with van der Waals surface area (Å²) in [5.41, 5.74) is 0. The molecule has 0 aliphatic heterocycles. The van der Waals surface area contributed by atoms with E-state index >= 15 is 0 Å². The smallest absolute Gasteiger partial charge is 0.326 e. The molecule has 0 spiro atoms. The summed E-state index contributed by atoms with van der Waals surface area (Å²) in [5, 5.41) is 9.08. The van der Waals surface area contributed by atoms with Crippen LogP contribution in [0, 0.1) is 5.92 Å². The first-order valence-electron chi connectivity index (χ1n) is 6.48. The zero-order valence-corrected chi connectivity index (χ0v) is 12.3. The van der Waals surface area contributed by atoms with Crippen molar-refractivity contribution in [2.45, 2.75) is 53.1 Å². The van der Waals surface area contributed by atoms with Crippen LogP contribution in [0.15, 0.2) is 0 Å². The summed E-state index contributed by atoms with van der Waals surface area (Å²) >= 11 is 0. The minimum Gasteiger partial charge on any atom is -0.480 e. The van der Waals surface area contributed by atoms with Gasteiger partial charge in [0.05, 0.1) is 0 Å². The zero-order valence-electron chi connectivity index (χ0n) is 12.3. The highest BCUT2D eigenvalue weighted by Gasteiger charge is 2.29. The quantitative estimate of drug-likeness (QED) is 0.795. The maximum absolute atomic E-state index is 12.3. The van der Waals surface area contributed by atoms with Crippen molar-refractivity contribution < 1.29 is 14.7 Å². The SMILES string of the molecule is CCC(C(=O)O)N(C)C(=O)N(CC(C)C)C(C)C. The van der Waals surface area contributed by atoms with Gasteiger partial charge in [-0.05, 0) is 26.2 Å². The molecule has 1 unspecified atom stereocenters. The van der Waals surface area contributed by atoms with Crippen molar-refractivity contribution in [2.24, 2.45) is 5.92 Å². The van der Waals surface area contributed by atoms with Crippen molar-refractivity contribution in [3.63, 3.8) is 0 Å². The van der Waals surface area contributed by atoms with Crippen LogP contribution in [-0.2, 0) is 4.79 Å². The number of amides is 2. The fourth-order valence-corrected chi connectivity index (χ4v) is 1.85. The van der Waals surface area contributed by atoms with Crippen LogP contribution in [-0.4, -0.2) is 52.6 Å². The Bertz CT molecular complexity index is 290. The van der Waals surface area contributed by atoms with E-state index < -0.39 is 12.0 Å². The van der Waals surface area contributed by atoms with E-state index in [9.17, 15) is 9.59 Å². The Morgan fingerprint density at radius 1 is 1.17 bits per heavy atom. The van der Waals surface area contributed by atoms with Gasteiger partial charge in [-0.15, -0.1) is 0 Å². The monoisotopic (exact) mass is 258 g/mol. The van der Waals surface area contributed by atoms with E-state index in [0.717, 1.165) is 0 Å². The van der Waals surface area contributed by atoms with E-state index in [-0.39, 0.29) is 12.1 Å². The average molecular weight is 258 g/mol. The number of likely N-dealkylation sites (N-methyl/N-ethyl adjacent to an activating group) is 1. The standard InChI is InChI=1S/C13H26N2O3/c1-7-11(12(16)17)14(6)13(18)15(10(4)5)8-9(2)3/h9-11H,7-8H2,1-6H3,(H,16,17). The number of urea groups is 1. The Labute approximate surface area is 110 Å². The molecule has 0 heterocycles. The van der Waals surface area contributed by atoms with Gasteiger partial charge in [0.1, 0.15) is 6.04 Å². The van der Waals surface area contributed by atoms with Crippen molar-refractivity contribution in [2.75, 3.05) is 13.6 Å². The number of carbonyl (C=O) groups is 2. The molecular weight excluding hydrogens is 232 g/mol. The summed E-state index contributed by atoms with van der Waals surface area (Å²) in [6.45, 7) is 10.4. The molecule has 0 radical (unpaired) electrons. The summed E-state index contributed by atoms with van der Waals surface area (Å²) in [7, 11) is 1.56. The zero-order chi connectivity index (χ0) is 14.5. The molecule has 0 aliphatic carbocycles. The van der Waals surface area contributed by atoms with Gasteiger partial charge >= 0.3 is 12.0 Å². The Morgan fingerprint density at radius 3 is 1.94 bits per heavy atom. The molecule has 0 bridgehead atoms. The first kappa shape index (κ1) is 16.7. The summed E-state index contributed by atoms with van der Waals surface area (Å²) < 4.78 is 0. The largest absolute Gasteiger partial charge is 0.480 e. The summed E-state index contributed by atoms with van der Waals surface area (Å²) in [6, 6.07) is -0.910. The predicted octanol–water partition coefficient (Wildman–Crippen LogP) is 2.27. The molecule has 0 rings (SSSR count). The molecule has 5 heteroatoms. The van der Waals surface area contributed by atoms with Crippen molar-refractivity contribution in [1.29, 1.82) is 0 Å². The minimum absolute atomic E-state index is 0.0636. The second kappa shape index (κ2) is 7.24. The van der Waals surface area contributed by atoms with Gasteiger partial charge in [-0.3, -0.25) is 0 Å². The van der Waals surface area contributed by atoms with Crippen molar-refractivity contribution in [3.8, 4) is 0 Å². The summed E-state index contributed by atoms with van der Waals surface area (Å²) in [5.74, 6) is -0.601. The lowest BCUT2D eigenvalue weighted by atomic mass is 10.1. The molecular formula is C13H26N2O3.